The first-order chi connectivity index (χ1) is 14.0. The van der Waals surface area contributed by atoms with Crippen LogP contribution in [0.2, 0.25) is 0 Å². The standard InChI is InChI=1S/C22H22N4O2S/c1-15-10-12-17(13-11-15)29(27,28)20(14-23)21-22(24-16-6-2-3-7-16)26-19-9-5-4-8-18(19)25-21/h4-5,8-13,16,20H,2-3,6-7H2,1H3,(H,24,26)/t20-/m0/s1. The molecule has 0 spiro atoms. The molecule has 1 atom stereocenters. The number of aromatic nitrogens is 2. The molecule has 148 valence electrons. The molecule has 1 saturated carbocycles. The number of nitrogens with zero attached hydrogens (tertiary/aromatic N) is 3. The van der Waals surface area contributed by atoms with Gasteiger partial charge in [0.2, 0.25) is 9.84 Å². The maximum Gasteiger partial charge on any atom is 0.200 e. The molecule has 6 nitrogen and oxygen atoms in total. The molecule has 1 N–H and O–H groups in total. The summed E-state index contributed by atoms with van der Waals surface area (Å²) >= 11 is 0. The first-order valence-corrected chi connectivity index (χ1v) is 11.3. The summed E-state index contributed by atoms with van der Waals surface area (Å²) in [4.78, 5) is 9.32. The summed E-state index contributed by atoms with van der Waals surface area (Å²) in [6.45, 7) is 1.89. The molecule has 29 heavy (non-hydrogen) atoms. The summed E-state index contributed by atoms with van der Waals surface area (Å²) in [5.74, 6) is 0.387. The van der Waals surface area contributed by atoms with Crippen LogP contribution in [-0.2, 0) is 9.84 Å². The second-order valence-electron chi connectivity index (χ2n) is 7.44. The minimum Gasteiger partial charge on any atom is -0.366 e. The lowest BCUT2D eigenvalue weighted by Crippen LogP contribution is -2.21. The molecule has 0 saturated heterocycles. The smallest absolute Gasteiger partial charge is 0.200 e. The minimum absolute atomic E-state index is 0.108. The monoisotopic (exact) mass is 406 g/mol. The van der Waals surface area contributed by atoms with Crippen LogP contribution in [-0.4, -0.2) is 24.4 Å². The highest BCUT2D eigenvalue weighted by molar-refractivity contribution is 7.92. The zero-order valence-electron chi connectivity index (χ0n) is 16.2. The molecule has 4 rings (SSSR count). The Hall–Kier alpha value is -2.98. The van der Waals surface area contributed by atoms with Gasteiger partial charge in [0, 0.05) is 6.04 Å². The van der Waals surface area contributed by atoms with Crippen LogP contribution < -0.4 is 5.32 Å². The molecule has 1 aliphatic carbocycles. The molecule has 1 fully saturated rings. The number of hydrogen-bond donors (Lipinski definition) is 1. The van der Waals surface area contributed by atoms with Crippen LogP contribution in [0.15, 0.2) is 53.4 Å². The van der Waals surface area contributed by atoms with E-state index in [1.807, 2.05) is 31.2 Å². The number of fused-ring (bicyclic) bond motifs is 1. The van der Waals surface area contributed by atoms with Crippen LogP contribution in [0.1, 0.15) is 42.2 Å². The summed E-state index contributed by atoms with van der Waals surface area (Å²) in [6.07, 6.45) is 4.24. The fourth-order valence-electron chi connectivity index (χ4n) is 3.71. The van der Waals surface area contributed by atoms with Crippen LogP contribution >= 0.6 is 0 Å². The molecular weight excluding hydrogens is 384 g/mol. The molecule has 7 heteroatoms. The Morgan fingerprint density at radius 1 is 1.03 bits per heavy atom. The van der Waals surface area contributed by atoms with Crippen molar-refractivity contribution in [3.05, 3.63) is 59.8 Å². The third kappa shape index (κ3) is 3.81. The van der Waals surface area contributed by atoms with E-state index in [0.717, 1.165) is 31.2 Å². The van der Waals surface area contributed by atoms with Gasteiger partial charge in [-0.1, -0.05) is 42.7 Å². The van der Waals surface area contributed by atoms with E-state index in [2.05, 4.69) is 15.3 Å². The topological polar surface area (TPSA) is 95.7 Å². The first-order valence-electron chi connectivity index (χ1n) is 9.72. The van der Waals surface area contributed by atoms with Crippen molar-refractivity contribution in [3.63, 3.8) is 0 Å². The quantitative estimate of drug-likeness (QED) is 0.677. The molecule has 0 amide bonds. The Morgan fingerprint density at radius 2 is 1.66 bits per heavy atom. The maximum atomic E-state index is 13.3. The lowest BCUT2D eigenvalue weighted by molar-refractivity contribution is 0.590. The van der Waals surface area contributed by atoms with Gasteiger partial charge in [0.25, 0.3) is 0 Å². The summed E-state index contributed by atoms with van der Waals surface area (Å²) < 4.78 is 26.6. The molecule has 0 aliphatic heterocycles. The van der Waals surface area contributed by atoms with Crippen LogP contribution in [0, 0.1) is 18.3 Å². The third-order valence-electron chi connectivity index (χ3n) is 5.32. The van der Waals surface area contributed by atoms with Crippen LogP contribution in [0.4, 0.5) is 5.82 Å². The number of nitrogens with one attached hydrogen (secondary N) is 1. The van der Waals surface area contributed by atoms with Crippen molar-refractivity contribution >= 4 is 26.7 Å². The SMILES string of the molecule is Cc1ccc(S(=O)(=O)[C@@H](C#N)c2nc3ccccc3nc2NC2CCCC2)cc1. The first kappa shape index (κ1) is 19.3. The number of rotatable bonds is 5. The molecule has 0 unspecified atom stereocenters. The highest BCUT2D eigenvalue weighted by atomic mass is 32.2. The Labute approximate surface area is 170 Å². The van der Waals surface area contributed by atoms with Gasteiger partial charge in [0.05, 0.1) is 22.0 Å². The van der Waals surface area contributed by atoms with E-state index in [9.17, 15) is 13.7 Å². The summed E-state index contributed by atoms with van der Waals surface area (Å²) in [5, 5.41) is 11.8. The number of sulfone groups is 1. The number of para-hydroxylation sites is 2. The largest absolute Gasteiger partial charge is 0.366 e. The summed E-state index contributed by atoms with van der Waals surface area (Å²) in [7, 11) is -3.95. The Bertz CT molecular complexity index is 1180. The average Bonchev–Trinajstić information content (AvgIpc) is 3.22. The minimum atomic E-state index is -3.95. The predicted molar refractivity (Wildman–Crippen MR) is 112 cm³/mol. The van der Waals surface area contributed by atoms with Crippen molar-refractivity contribution in [1.29, 1.82) is 5.26 Å². The van der Waals surface area contributed by atoms with Crippen molar-refractivity contribution in [1.82, 2.24) is 9.97 Å². The lowest BCUT2D eigenvalue weighted by Gasteiger charge is -2.19. The molecule has 1 heterocycles. The van der Waals surface area contributed by atoms with Crippen molar-refractivity contribution in [3.8, 4) is 6.07 Å². The van der Waals surface area contributed by atoms with E-state index in [0.29, 0.717) is 16.9 Å². The molecule has 2 aromatic carbocycles. The lowest BCUT2D eigenvalue weighted by atomic mass is 10.2. The zero-order chi connectivity index (χ0) is 20.4. The second kappa shape index (κ2) is 7.80. The van der Waals surface area contributed by atoms with Crippen LogP contribution in [0.3, 0.4) is 0 Å². The Balaban J connectivity index is 1.84. The van der Waals surface area contributed by atoms with Gasteiger partial charge in [-0.25, -0.2) is 18.4 Å². The van der Waals surface area contributed by atoms with Crippen molar-refractivity contribution in [2.45, 2.75) is 48.8 Å². The molecule has 1 aromatic heterocycles. The van der Waals surface area contributed by atoms with Gasteiger partial charge in [0.1, 0.15) is 5.69 Å². The van der Waals surface area contributed by atoms with E-state index in [1.54, 1.807) is 18.2 Å². The van der Waals surface area contributed by atoms with E-state index in [-0.39, 0.29) is 16.6 Å². The average molecular weight is 407 g/mol. The normalized spacial score (nSPS) is 15.9. The van der Waals surface area contributed by atoms with Crippen molar-refractivity contribution < 1.29 is 8.42 Å². The fraction of sp³-hybridized carbons (Fsp3) is 0.318. The van der Waals surface area contributed by atoms with E-state index >= 15 is 0 Å². The van der Waals surface area contributed by atoms with E-state index in [1.165, 1.54) is 12.1 Å². The van der Waals surface area contributed by atoms with Gasteiger partial charge in [-0.15, -0.1) is 0 Å². The Kier molecular flexibility index (Phi) is 5.20. The number of nitriles is 1. The highest BCUT2D eigenvalue weighted by Crippen LogP contribution is 2.33. The number of anilines is 1. The molecule has 3 aromatic rings. The third-order valence-corrected chi connectivity index (χ3v) is 7.20. The van der Waals surface area contributed by atoms with Crippen molar-refractivity contribution in [2.75, 3.05) is 5.32 Å². The molecule has 1 aliphatic rings. The highest BCUT2D eigenvalue weighted by Gasteiger charge is 2.34. The van der Waals surface area contributed by atoms with Crippen LogP contribution in [0.25, 0.3) is 11.0 Å². The molecular formula is C22H22N4O2S. The van der Waals surface area contributed by atoms with Gasteiger partial charge in [-0.2, -0.15) is 5.26 Å². The van der Waals surface area contributed by atoms with Gasteiger partial charge in [0.15, 0.2) is 11.1 Å². The summed E-state index contributed by atoms with van der Waals surface area (Å²) in [6, 6.07) is 16.0. The van der Waals surface area contributed by atoms with Gasteiger partial charge in [-0.05, 0) is 44.0 Å². The number of hydrogen-bond acceptors (Lipinski definition) is 6. The van der Waals surface area contributed by atoms with Gasteiger partial charge < -0.3 is 5.32 Å². The Morgan fingerprint density at radius 3 is 2.28 bits per heavy atom. The van der Waals surface area contributed by atoms with E-state index in [4.69, 9.17) is 0 Å². The van der Waals surface area contributed by atoms with Crippen molar-refractivity contribution in [2.24, 2.45) is 0 Å². The van der Waals surface area contributed by atoms with E-state index < -0.39 is 15.1 Å². The maximum absolute atomic E-state index is 13.3. The zero-order valence-corrected chi connectivity index (χ0v) is 17.0. The number of benzene rings is 2. The number of aryl methyl sites for hydroxylation is 1. The second-order valence-corrected chi connectivity index (χ2v) is 9.47. The molecule has 0 bridgehead atoms. The molecule has 0 radical (unpaired) electrons. The van der Waals surface area contributed by atoms with Crippen LogP contribution in [0.5, 0.6) is 0 Å². The summed E-state index contributed by atoms with van der Waals surface area (Å²) in [5.41, 5.74) is 2.35. The predicted octanol–water partition coefficient (Wildman–Crippen LogP) is 4.33. The van der Waals surface area contributed by atoms with Gasteiger partial charge in [-0.3, -0.25) is 0 Å². The van der Waals surface area contributed by atoms with Gasteiger partial charge >= 0.3 is 0 Å². The fourth-order valence-corrected chi connectivity index (χ4v) is 5.09.